The summed E-state index contributed by atoms with van der Waals surface area (Å²) in [6.07, 6.45) is 4.23. The minimum Gasteiger partial charge on any atom is -0.325 e. The van der Waals surface area contributed by atoms with Crippen LogP contribution in [0.15, 0.2) is 24.3 Å². The van der Waals surface area contributed by atoms with Crippen LogP contribution in [0.3, 0.4) is 0 Å². The Morgan fingerprint density at radius 1 is 1.05 bits per heavy atom. The van der Waals surface area contributed by atoms with Gasteiger partial charge in [0, 0.05) is 5.92 Å². The summed E-state index contributed by atoms with van der Waals surface area (Å²) >= 11 is 18.7. The molecular formula is C17H18Cl3NO. The Morgan fingerprint density at radius 3 is 2.23 bits per heavy atom. The number of halogens is 3. The fourth-order valence-electron chi connectivity index (χ4n) is 4.39. The van der Waals surface area contributed by atoms with Gasteiger partial charge in [-0.2, -0.15) is 0 Å². The van der Waals surface area contributed by atoms with E-state index >= 15 is 0 Å². The largest absolute Gasteiger partial charge is 0.325 e. The molecule has 4 rings (SSSR count). The van der Waals surface area contributed by atoms with E-state index in [1.165, 1.54) is 0 Å². The number of hydrogen-bond acceptors (Lipinski definition) is 1. The molecular weight excluding hydrogens is 341 g/mol. The first kappa shape index (κ1) is 15.1. The van der Waals surface area contributed by atoms with Crippen molar-refractivity contribution >= 4 is 46.4 Å². The lowest BCUT2D eigenvalue weighted by Gasteiger charge is -2.07. The van der Waals surface area contributed by atoms with Gasteiger partial charge in [0.05, 0.1) is 10.7 Å². The molecule has 2 nitrogen and oxygen atoms in total. The van der Waals surface area contributed by atoms with Gasteiger partial charge in [0.1, 0.15) is 4.33 Å². The van der Waals surface area contributed by atoms with Crippen LogP contribution in [-0.4, -0.2) is 10.2 Å². The number of benzene rings is 1. The lowest BCUT2D eigenvalue weighted by molar-refractivity contribution is -0.117. The molecule has 1 N–H and O–H groups in total. The normalized spacial score (nSPS) is 38.0. The van der Waals surface area contributed by atoms with Gasteiger partial charge in [0.2, 0.25) is 5.91 Å². The number of amides is 1. The van der Waals surface area contributed by atoms with Gasteiger partial charge < -0.3 is 5.32 Å². The first-order valence-electron chi connectivity index (χ1n) is 7.93. The second kappa shape index (κ2) is 5.29. The summed E-state index contributed by atoms with van der Waals surface area (Å²) in [7, 11) is 0. The number of carbonyl (C=O) groups is 1. The number of carbonyl (C=O) groups excluding carboxylic acids is 1. The van der Waals surface area contributed by atoms with Crippen LogP contribution in [0, 0.1) is 29.6 Å². The van der Waals surface area contributed by atoms with Crippen LogP contribution in [0.5, 0.6) is 0 Å². The van der Waals surface area contributed by atoms with Gasteiger partial charge >= 0.3 is 0 Å². The van der Waals surface area contributed by atoms with Gasteiger partial charge in [0.25, 0.3) is 0 Å². The van der Waals surface area contributed by atoms with E-state index < -0.39 is 4.33 Å². The molecule has 0 heterocycles. The molecule has 1 aromatic rings. The number of hydrogen-bond donors (Lipinski definition) is 1. The summed E-state index contributed by atoms with van der Waals surface area (Å²) in [5.74, 6) is 2.10. The van der Waals surface area contributed by atoms with Crippen LogP contribution < -0.4 is 5.32 Å². The molecule has 3 fully saturated rings. The first-order chi connectivity index (χ1) is 10.5. The summed E-state index contributed by atoms with van der Waals surface area (Å²) < 4.78 is -0.494. The van der Waals surface area contributed by atoms with Gasteiger partial charge in [-0.3, -0.25) is 4.79 Å². The molecule has 1 aromatic carbocycles. The quantitative estimate of drug-likeness (QED) is 0.729. The van der Waals surface area contributed by atoms with Crippen molar-refractivity contribution in [2.45, 2.75) is 30.0 Å². The topological polar surface area (TPSA) is 29.1 Å². The van der Waals surface area contributed by atoms with Crippen molar-refractivity contribution in [1.29, 1.82) is 0 Å². The highest BCUT2D eigenvalue weighted by Crippen LogP contribution is 2.67. The van der Waals surface area contributed by atoms with Gasteiger partial charge in [-0.15, -0.1) is 23.2 Å². The number of fused-ring (bicyclic) bond motifs is 2. The highest BCUT2D eigenvalue weighted by molar-refractivity contribution is 6.51. The van der Waals surface area contributed by atoms with E-state index in [0.717, 1.165) is 25.7 Å². The SMILES string of the molecule is O=C(Nc1ccccc1Cl)C1[C@H]2CC[C@@H]3[C@@H](CC[C@@H]12)C3(Cl)Cl. The van der Waals surface area contributed by atoms with E-state index in [1.54, 1.807) is 6.07 Å². The summed E-state index contributed by atoms with van der Waals surface area (Å²) in [5.41, 5.74) is 0.705. The molecule has 5 atom stereocenters. The molecule has 0 radical (unpaired) electrons. The van der Waals surface area contributed by atoms with E-state index in [1.807, 2.05) is 18.2 Å². The predicted octanol–water partition coefficient (Wildman–Crippen LogP) is 5.13. The average Bonchev–Trinajstić information content (AvgIpc) is 3.26. The van der Waals surface area contributed by atoms with Crippen LogP contribution in [0.1, 0.15) is 25.7 Å². The molecule has 0 aliphatic heterocycles. The summed E-state index contributed by atoms with van der Waals surface area (Å²) in [6, 6.07) is 7.38. The van der Waals surface area contributed by atoms with Crippen LogP contribution in [0.2, 0.25) is 5.02 Å². The molecule has 0 spiro atoms. The zero-order valence-corrected chi connectivity index (χ0v) is 14.3. The lowest BCUT2D eigenvalue weighted by atomic mass is 10.0. The Balaban J connectivity index is 1.40. The zero-order chi connectivity index (χ0) is 15.5. The molecule has 3 aliphatic rings. The smallest absolute Gasteiger partial charge is 0.228 e. The molecule has 5 heteroatoms. The number of rotatable bonds is 2. The third kappa shape index (κ3) is 2.44. The minimum atomic E-state index is -0.494. The average molecular weight is 359 g/mol. The Labute approximate surface area is 145 Å². The number of para-hydroxylation sites is 1. The zero-order valence-electron chi connectivity index (χ0n) is 12.1. The summed E-state index contributed by atoms with van der Waals surface area (Å²) in [5, 5.41) is 3.57. The molecule has 0 saturated heterocycles. The Bertz CT molecular complexity index is 596. The third-order valence-corrected chi connectivity index (χ3v) is 7.20. The molecule has 3 saturated carbocycles. The maximum Gasteiger partial charge on any atom is 0.228 e. The van der Waals surface area contributed by atoms with Gasteiger partial charge in [-0.25, -0.2) is 0 Å². The second-order valence-electron chi connectivity index (χ2n) is 6.86. The van der Waals surface area contributed by atoms with Crippen molar-refractivity contribution < 1.29 is 4.79 Å². The van der Waals surface area contributed by atoms with E-state index in [4.69, 9.17) is 34.8 Å². The van der Waals surface area contributed by atoms with Crippen molar-refractivity contribution in [1.82, 2.24) is 0 Å². The fraction of sp³-hybridized carbons (Fsp3) is 0.588. The first-order valence-corrected chi connectivity index (χ1v) is 9.06. The predicted molar refractivity (Wildman–Crippen MR) is 90.4 cm³/mol. The molecule has 1 unspecified atom stereocenters. The standard InChI is InChI=1S/C17H18Cl3NO/c18-13-3-1-2-4-14(13)21-16(22)15-9-5-7-11-12(17(11,19)20)8-6-10(9)15/h1-4,9-12,15H,5-8H2,(H,21,22)/t9-,10+,11-,12-,15?/m1/s1. The highest BCUT2D eigenvalue weighted by Gasteiger charge is 2.65. The Morgan fingerprint density at radius 2 is 1.64 bits per heavy atom. The van der Waals surface area contributed by atoms with Gasteiger partial charge in [-0.1, -0.05) is 23.7 Å². The minimum absolute atomic E-state index is 0.113. The maximum atomic E-state index is 12.5. The van der Waals surface area contributed by atoms with Crippen molar-refractivity contribution in [3.63, 3.8) is 0 Å². The summed E-state index contributed by atoms with van der Waals surface area (Å²) in [4.78, 5) is 12.5. The van der Waals surface area contributed by atoms with E-state index in [9.17, 15) is 4.79 Å². The Hall–Kier alpha value is -0.440. The molecule has 118 valence electrons. The van der Waals surface area contributed by atoms with Crippen molar-refractivity contribution in [2.24, 2.45) is 29.6 Å². The van der Waals surface area contributed by atoms with Gasteiger partial charge in [-0.05, 0) is 61.5 Å². The van der Waals surface area contributed by atoms with E-state index in [2.05, 4.69) is 5.32 Å². The number of anilines is 1. The lowest BCUT2D eigenvalue weighted by Crippen LogP contribution is -2.16. The van der Waals surface area contributed by atoms with E-state index in [0.29, 0.717) is 34.4 Å². The molecule has 3 aliphatic carbocycles. The van der Waals surface area contributed by atoms with Crippen molar-refractivity contribution in [3.05, 3.63) is 29.3 Å². The van der Waals surface area contributed by atoms with Crippen LogP contribution in [-0.2, 0) is 4.79 Å². The van der Waals surface area contributed by atoms with Crippen molar-refractivity contribution in [3.8, 4) is 0 Å². The molecule has 0 aromatic heterocycles. The molecule has 22 heavy (non-hydrogen) atoms. The van der Waals surface area contributed by atoms with Crippen LogP contribution in [0.4, 0.5) is 5.69 Å². The van der Waals surface area contributed by atoms with Crippen LogP contribution in [0.25, 0.3) is 0 Å². The Kier molecular flexibility index (Phi) is 3.63. The third-order valence-electron chi connectivity index (χ3n) is 5.75. The van der Waals surface area contributed by atoms with E-state index in [-0.39, 0.29) is 11.8 Å². The molecule has 0 bridgehead atoms. The summed E-state index contributed by atoms with van der Waals surface area (Å²) in [6.45, 7) is 0. The van der Waals surface area contributed by atoms with Crippen molar-refractivity contribution in [2.75, 3.05) is 5.32 Å². The second-order valence-corrected chi connectivity index (χ2v) is 8.72. The fourth-order valence-corrected chi connectivity index (χ4v) is 5.49. The highest BCUT2D eigenvalue weighted by atomic mass is 35.5. The maximum absolute atomic E-state index is 12.5. The molecule has 1 amide bonds. The van der Waals surface area contributed by atoms with Gasteiger partial charge in [0.15, 0.2) is 0 Å². The monoisotopic (exact) mass is 357 g/mol. The number of alkyl halides is 2. The number of nitrogens with one attached hydrogen (secondary N) is 1. The van der Waals surface area contributed by atoms with Crippen LogP contribution >= 0.6 is 34.8 Å².